The molecule has 5 heteroatoms. The molecule has 1 fully saturated rings. The fourth-order valence-corrected chi connectivity index (χ4v) is 3.16. The first kappa shape index (κ1) is 18.3. The Labute approximate surface area is 147 Å². The van der Waals surface area contributed by atoms with Crippen molar-refractivity contribution in [3.8, 4) is 5.75 Å². The highest BCUT2D eigenvalue weighted by Crippen LogP contribution is 2.24. The van der Waals surface area contributed by atoms with Gasteiger partial charge in [-0.25, -0.2) is 0 Å². The molecule has 0 saturated carbocycles. The Hall–Kier alpha value is -1.07. The lowest BCUT2D eigenvalue weighted by atomic mass is 10.2. The molecule has 0 spiro atoms. The van der Waals surface area contributed by atoms with Crippen LogP contribution in [0.15, 0.2) is 22.7 Å². The Morgan fingerprint density at radius 3 is 2.61 bits per heavy atom. The van der Waals surface area contributed by atoms with Crippen molar-refractivity contribution in [3.05, 3.63) is 28.2 Å². The van der Waals surface area contributed by atoms with Crippen LogP contribution in [0.4, 0.5) is 0 Å². The van der Waals surface area contributed by atoms with Gasteiger partial charge in [0.1, 0.15) is 5.75 Å². The molecular weight excluding hydrogens is 356 g/mol. The summed E-state index contributed by atoms with van der Waals surface area (Å²) in [6, 6.07) is 5.53. The van der Waals surface area contributed by atoms with E-state index in [-0.39, 0.29) is 12.0 Å². The van der Waals surface area contributed by atoms with Gasteiger partial charge < -0.3 is 15.0 Å². The van der Waals surface area contributed by atoms with Crippen LogP contribution in [-0.4, -0.2) is 43.1 Å². The monoisotopic (exact) mass is 382 g/mol. The molecule has 0 unspecified atom stereocenters. The molecule has 0 radical (unpaired) electrons. The van der Waals surface area contributed by atoms with E-state index in [1.165, 1.54) is 25.7 Å². The van der Waals surface area contributed by atoms with Crippen LogP contribution in [0.1, 0.15) is 49.9 Å². The Balaban J connectivity index is 1.89. The van der Waals surface area contributed by atoms with Crippen LogP contribution in [-0.2, 0) is 0 Å². The van der Waals surface area contributed by atoms with Gasteiger partial charge in [0.05, 0.1) is 11.7 Å². The Morgan fingerprint density at radius 2 is 1.96 bits per heavy atom. The van der Waals surface area contributed by atoms with Gasteiger partial charge in [0.25, 0.3) is 5.91 Å². The third-order valence-corrected chi connectivity index (χ3v) is 4.46. The first-order valence-electron chi connectivity index (χ1n) is 8.53. The molecule has 0 bridgehead atoms. The maximum absolute atomic E-state index is 12.4. The van der Waals surface area contributed by atoms with Crippen molar-refractivity contribution >= 4 is 21.8 Å². The molecule has 1 saturated heterocycles. The highest BCUT2D eigenvalue weighted by Gasteiger charge is 2.15. The quantitative estimate of drug-likeness (QED) is 0.812. The summed E-state index contributed by atoms with van der Waals surface area (Å²) in [5.41, 5.74) is 0.595. The first-order valence-corrected chi connectivity index (χ1v) is 9.32. The van der Waals surface area contributed by atoms with E-state index in [0.29, 0.717) is 17.9 Å². The van der Waals surface area contributed by atoms with Crippen molar-refractivity contribution in [3.63, 3.8) is 0 Å². The molecule has 1 aromatic rings. The van der Waals surface area contributed by atoms with Crippen molar-refractivity contribution in [2.75, 3.05) is 26.2 Å². The molecule has 1 aromatic carbocycles. The van der Waals surface area contributed by atoms with Gasteiger partial charge in [-0.3, -0.25) is 4.79 Å². The van der Waals surface area contributed by atoms with Crippen molar-refractivity contribution < 1.29 is 9.53 Å². The van der Waals surface area contributed by atoms with Crippen molar-refractivity contribution in [1.29, 1.82) is 0 Å². The number of carbonyl (C=O) groups is 1. The Kier molecular flexibility index (Phi) is 7.37. The molecule has 4 nitrogen and oxygen atoms in total. The fraction of sp³-hybridized carbons (Fsp3) is 0.611. The van der Waals surface area contributed by atoms with Gasteiger partial charge in [-0.2, -0.15) is 0 Å². The van der Waals surface area contributed by atoms with Crippen LogP contribution >= 0.6 is 15.9 Å². The summed E-state index contributed by atoms with van der Waals surface area (Å²) < 4.78 is 6.67. The summed E-state index contributed by atoms with van der Waals surface area (Å²) in [6.07, 6.45) is 5.24. The largest absolute Gasteiger partial charge is 0.490 e. The molecule has 0 aromatic heterocycles. The lowest BCUT2D eigenvalue weighted by Crippen LogP contribution is -2.35. The minimum absolute atomic E-state index is 0.0351. The summed E-state index contributed by atoms with van der Waals surface area (Å²) in [5.74, 6) is 0.560. The van der Waals surface area contributed by atoms with E-state index in [4.69, 9.17) is 4.74 Å². The number of hydrogen-bond donors (Lipinski definition) is 1. The van der Waals surface area contributed by atoms with Crippen molar-refractivity contribution in [2.24, 2.45) is 0 Å². The van der Waals surface area contributed by atoms with Crippen LogP contribution in [0.25, 0.3) is 0 Å². The number of halogens is 1. The van der Waals surface area contributed by atoms with Crippen molar-refractivity contribution in [1.82, 2.24) is 10.2 Å². The summed E-state index contributed by atoms with van der Waals surface area (Å²) in [5, 5.41) is 3.02. The molecule has 0 aliphatic carbocycles. The standard InChI is InChI=1S/C18H27BrN2O2/c1-14(2)23-17-13-15(19)7-8-16(17)18(22)20-9-12-21-10-5-3-4-6-11-21/h7-8,13-14H,3-6,9-12H2,1-2H3,(H,20,22). The predicted molar refractivity (Wildman–Crippen MR) is 97.1 cm³/mol. The summed E-state index contributed by atoms with van der Waals surface area (Å²) in [7, 11) is 0. The molecule has 23 heavy (non-hydrogen) atoms. The molecular formula is C18H27BrN2O2. The minimum atomic E-state index is -0.0667. The van der Waals surface area contributed by atoms with Gasteiger partial charge in [-0.05, 0) is 58.0 Å². The predicted octanol–water partition coefficient (Wildman–Crippen LogP) is 3.84. The Morgan fingerprint density at radius 1 is 1.26 bits per heavy atom. The fourth-order valence-electron chi connectivity index (χ4n) is 2.82. The van der Waals surface area contributed by atoms with Crippen LogP contribution in [0.5, 0.6) is 5.75 Å². The maximum Gasteiger partial charge on any atom is 0.255 e. The number of ether oxygens (including phenoxy) is 1. The second-order valence-corrected chi connectivity index (χ2v) is 7.23. The minimum Gasteiger partial charge on any atom is -0.490 e. The number of likely N-dealkylation sites (tertiary alicyclic amines) is 1. The Bertz CT molecular complexity index is 512. The van der Waals surface area contributed by atoms with E-state index in [2.05, 4.69) is 26.1 Å². The summed E-state index contributed by atoms with van der Waals surface area (Å²) in [4.78, 5) is 14.9. The number of hydrogen-bond acceptors (Lipinski definition) is 3. The average Bonchev–Trinajstić information content (AvgIpc) is 2.75. The number of benzene rings is 1. The number of nitrogens with zero attached hydrogens (tertiary/aromatic N) is 1. The van der Waals surface area contributed by atoms with E-state index in [9.17, 15) is 4.79 Å². The highest BCUT2D eigenvalue weighted by atomic mass is 79.9. The maximum atomic E-state index is 12.4. The van der Waals surface area contributed by atoms with Crippen LogP contribution in [0.3, 0.4) is 0 Å². The zero-order valence-electron chi connectivity index (χ0n) is 14.1. The second-order valence-electron chi connectivity index (χ2n) is 6.32. The molecule has 2 rings (SSSR count). The van der Waals surface area contributed by atoms with Gasteiger partial charge in [0, 0.05) is 17.6 Å². The normalized spacial score (nSPS) is 16.2. The average molecular weight is 383 g/mol. The number of amides is 1. The van der Waals surface area contributed by atoms with Crippen molar-refractivity contribution in [2.45, 2.75) is 45.6 Å². The zero-order chi connectivity index (χ0) is 16.7. The molecule has 1 heterocycles. The van der Waals surface area contributed by atoms with E-state index >= 15 is 0 Å². The third-order valence-electron chi connectivity index (χ3n) is 3.96. The first-order chi connectivity index (χ1) is 11.1. The molecule has 1 N–H and O–H groups in total. The number of nitrogens with one attached hydrogen (secondary N) is 1. The number of carbonyl (C=O) groups excluding carboxylic acids is 1. The lowest BCUT2D eigenvalue weighted by molar-refractivity contribution is 0.0942. The molecule has 0 atom stereocenters. The lowest BCUT2D eigenvalue weighted by Gasteiger charge is -2.20. The third kappa shape index (κ3) is 6.15. The molecule has 1 aliphatic rings. The SMILES string of the molecule is CC(C)Oc1cc(Br)ccc1C(=O)NCCN1CCCCCC1. The van der Waals surface area contributed by atoms with Gasteiger partial charge in [-0.1, -0.05) is 28.8 Å². The summed E-state index contributed by atoms with van der Waals surface area (Å²) in [6.45, 7) is 7.81. The van der Waals surface area contributed by atoms with Gasteiger partial charge in [-0.15, -0.1) is 0 Å². The van der Waals surface area contributed by atoms with Gasteiger partial charge >= 0.3 is 0 Å². The van der Waals surface area contributed by atoms with E-state index in [0.717, 1.165) is 24.1 Å². The summed E-state index contributed by atoms with van der Waals surface area (Å²) >= 11 is 3.43. The highest BCUT2D eigenvalue weighted by molar-refractivity contribution is 9.10. The molecule has 1 amide bonds. The van der Waals surface area contributed by atoms with Gasteiger partial charge in [0.2, 0.25) is 0 Å². The molecule has 1 aliphatic heterocycles. The van der Waals surface area contributed by atoms with E-state index in [1.54, 1.807) is 0 Å². The van der Waals surface area contributed by atoms with Crippen LogP contribution in [0.2, 0.25) is 0 Å². The van der Waals surface area contributed by atoms with Crippen LogP contribution < -0.4 is 10.1 Å². The van der Waals surface area contributed by atoms with Crippen LogP contribution in [0, 0.1) is 0 Å². The second kappa shape index (κ2) is 9.28. The zero-order valence-corrected chi connectivity index (χ0v) is 15.7. The van der Waals surface area contributed by atoms with Gasteiger partial charge in [0.15, 0.2) is 0 Å². The van der Waals surface area contributed by atoms with E-state index in [1.807, 2.05) is 32.0 Å². The smallest absolute Gasteiger partial charge is 0.255 e. The van der Waals surface area contributed by atoms with E-state index < -0.39 is 0 Å². The topological polar surface area (TPSA) is 41.6 Å². The molecule has 128 valence electrons. The number of rotatable bonds is 6.